The van der Waals surface area contributed by atoms with Crippen LogP contribution in [0.1, 0.15) is 44.3 Å². The molecule has 166 valence electrons. The molecule has 3 aromatic carbocycles. The molecule has 0 aliphatic rings. The van der Waals surface area contributed by atoms with E-state index in [1.54, 1.807) is 18.3 Å². The lowest BCUT2D eigenvalue weighted by Gasteiger charge is -2.18. The lowest BCUT2D eigenvalue weighted by molar-refractivity contribution is -0.660. The first kappa shape index (κ1) is 16.3. The Kier molecular flexibility index (Phi) is 3.88. The third-order valence-electron chi connectivity index (χ3n) is 6.00. The third-order valence-corrected chi connectivity index (χ3v) is 6.00. The van der Waals surface area contributed by atoms with Gasteiger partial charge in [-0.15, -0.1) is 0 Å². The van der Waals surface area contributed by atoms with Crippen molar-refractivity contribution in [2.45, 2.75) is 40.9 Å². The molecule has 0 bridgehead atoms. The highest BCUT2D eigenvalue weighted by Gasteiger charge is 2.22. The molecule has 0 saturated heterocycles. The maximum absolute atomic E-state index is 8.62. The van der Waals surface area contributed by atoms with E-state index in [1.807, 2.05) is 81.8 Å². The Hall–Kier alpha value is -3.39. The first-order chi connectivity index (χ1) is 17.7. The summed E-state index contributed by atoms with van der Waals surface area (Å²) in [7, 11) is 1.86. The first-order valence-corrected chi connectivity index (χ1v) is 11.3. The Morgan fingerprint density at radius 3 is 2.42 bits per heavy atom. The minimum absolute atomic E-state index is 0.241. The third kappa shape index (κ3) is 3.95. The van der Waals surface area contributed by atoms with Gasteiger partial charge in [-0.2, -0.15) is 0 Å². The second-order valence-corrected chi connectivity index (χ2v) is 9.78. The van der Waals surface area contributed by atoms with Gasteiger partial charge in [0.1, 0.15) is 18.2 Å². The molecule has 0 aliphatic heterocycles. The van der Waals surface area contributed by atoms with Gasteiger partial charge in [0.2, 0.25) is 5.69 Å². The summed E-state index contributed by atoms with van der Waals surface area (Å²) >= 11 is 0. The number of pyridine rings is 1. The number of hydrogen-bond acceptors (Lipinski definition) is 1. The molecule has 0 unspecified atom stereocenters. The van der Waals surface area contributed by atoms with Crippen molar-refractivity contribution in [3.05, 3.63) is 89.6 Å². The van der Waals surface area contributed by atoms with E-state index in [1.165, 1.54) is 0 Å². The summed E-state index contributed by atoms with van der Waals surface area (Å²) in [5, 5.41) is 2.05. The van der Waals surface area contributed by atoms with Crippen molar-refractivity contribution < 1.29 is 15.8 Å². The predicted octanol–water partition coefficient (Wildman–Crippen LogP) is 7.95. The topological polar surface area (TPSA) is 17.0 Å². The number of benzene rings is 3. The minimum Gasteiger partial charge on any atom is -0.455 e. The SMILES string of the molecule is [2H]C([2H])([2H])c1c[n+](C)c(-c2c(C)ccc3c2oc2ccccc23)cc1-c1ccc(C([2H])([2H])C(C)(C)C)cc1. The Balaban J connectivity index is 1.75. The molecule has 5 aromatic rings. The van der Waals surface area contributed by atoms with E-state index in [0.29, 0.717) is 11.1 Å². The molecular weight excluding hydrogens is 402 g/mol. The number of rotatable bonds is 3. The standard InChI is InChI=1S/C31H32NO/c1-20-11-16-25-24-9-7-8-10-28(24)33-30(25)29(20)27-17-26(21(2)19-32(27)6)23-14-12-22(13-15-23)18-31(3,4)5/h7-17,19H,18H2,1-6H3/q+1/i2D3,18D2. The number of fused-ring (bicyclic) bond motifs is 3. The number of nitrogens with zero attached hydrogens (tertiary/aromatic N) is 1. The van der Waals surface area contributed by atoms with Gasteiger partial charge in [0, 0.05) is 29.3 Å². The van der Waals surface area contributed by atoms with Gasteiger partial charge in [-0.1, -0.05) is 75.4 Å². The molecule has 0 atom stereocenters. The van der Waals surface area contributed by atoms with E-state index in [4.69, 9.17) is 11.3 Å². The van der Waals surface area contributed by atoms with Crippen LogP contribution in [0, 0.1) is 19.2 Å². The normalized spacial score (nSPS) is 15.1. The van der Waals surface area contributed by atoms with Crippen LogP contribution >= 0.6 is 0 Å². The quantitative estimate of drug-likeness (QED) is 0.261. The zero-order chi connectivity index (χ0) is 27.6. The van der Waals surface area contributed by atoms with Gasteiger partial charge in [0.15, 0.2) is 6.20 Å². The number of furan rings is 1. The molecular formula is C31H32NO+. The maximum Gasteiger partial charge on any atom is 0.216 e. The molecule has 33 heavy (non-hydrogen) atoms. The fourth-order valence-corrected chi connectivity index (χ4v) is 4.51. The second-order valence-electron chi connectivity index (χ2n) is 9.78. The maximum atomic E-state index is 8.62. The van der Waals surface area contributed by atoms with E-state index >= 15 is 0 Å². The van der Waals surface area contributed by atoms with Crippen LogP contribution in [0.3, 0.4) is 0 Å². The molecule has 0 fully saturated rings. The minimum atomic E-state index is -2.33. The van der Waals surface area contributed by atoms with Crippen molar-refractivity contribution >= 4 is 21.9 Å². The average molecular weight is 440 g/mol. The van der Waals surface area contributed by atoms with E-state index in [-0.39, 0.29) is 5.56 Å². The summed E-state index contributed by atoms with van der Waals surface area (Å²) in [5.74, 6) is 0. The number of aryl methyl sites for hydroxylation is 3. The van der Waals surface area contributed by atoms with E-state index in [2.05, 4.69) is 12.1 Å². The van der Waals surface area contributed by atoms with Crippen molar-refractivity contribution in [3.63, 3.8) is 0 Å². The molecule has 2 nitrogen and oxygen atoms in total. The smallest absolute Gasteiger partial charge is 0.216 e. The molecule has 2 heteroatoms. The number of para-hydroxylation sites is 1. The largest absolute Gasteiger partial charge is 0.455 e. The lowest BCUT2D eigenvalue weighted by atomic mass is 9.87. The van der Waals surface area contributed by atoms with Gasteiger partial charge in [-0.3, -0.25) is 0 Å². The van der Waals surface area contributed by atoms with Gasteiger partial charge in [0.05, 0.1) is 5.56 Å². The molecule has 2 aromatic heterocycles. The zero-order valence-corrected chi connectivity index (χ0v) is 19.8. The molecule has 5 rings (SSSR count). The average Bonchev–Trinajstić information content (AvgIpc) is 3.21. The highest BCUT2D eigenvalue weighted by atomic mass is 16.3. The van der Waals surface area contributed by atoms with Crippen LogP contribution in [0.5, 0.6) is 0 Å². The van der Waals surface area contributed by atoms with Crippen molar-refractivity contribution in [1.82, 2.24) is 0 Å². The second kappa shape index (κ2) is 7.88. The molecule has 0 saturated carbocycles. The highest BCUT2D eigenvalue weighted by molar-refractivity contribution is 6.09. The molecule has 0 amide bonds. The highest BCUT2D eigenvalue weighted by Crippen LogP contribution is 2.38. The van der Waals surface area contributed by atoms with Crippen LogP contribution in [-0.4, -0.2) is 0 Å². The predicted molar refractivity (Wildman–Crippen MR) is 138 cm³/mol. The lowest BCUT2D eigenvalue weighted by Crippen LogP contribution is -2.31. The van der Waals surface area contributed by atoms with Gasteiger partial charge < -0.3 is 4.42 Å². The van der Waals surface area contributed by atoms with E-state index in [9.17, 15) is 0 Å². The Morgan fingerprint density at radius 1 is 0.939 bits per heavy atom. The Labute approximate surface area is 203 Å². The van der Waals surface area contributed by atoms with Crippen LogP contribution in [-0.2, 0) is 13.4 Å². The van der Waals surface area contributed by atoms with Crippen LogP contribution in [0.15, 0.2) is 77.3 Å². The van der Waals surface area contributed by atoms with E-state index < -0.39 is 18.6 Å². The fraction of sp³-hybridized carbons (Fsp3) is 0.258. The van der Waals surface area contributed by atoms with Gasteiger partial charge in [0.25, 0.3) is 0 Å². The summed E-state index contributed by atoms with van der Waals surface area (Å²) in [4.78, 5) is 0. The molecule has 0 radical (unpaired) electrons. The molecule has 2 heterocycles. The summed E-state index contributed by atoms with van der Waals surface area (Å²) in [6.45, 7) is 5.32. The van der Waals surface area contributed by atoms with Crippen molar-refractivity contribution in [2.75, 3.05) is 0 Å². The Bertz CT molecular complexity index is 1670. The van der Waals surface area contributed by atoms with Crippen molar-refractivity contribution in [2.24, 2.45) is 12.5 Å². The van der Waals surface area contributed by atoms with Crippen molar-refractivity contribution in [1.29, 1.82) is 0 Å². The summed E-state index contributed by atoms with van der Waals surface area (Å²) < 4.78 is 50.2. The van der Waals surface area contributed by atoms with Crippen LogP contribution < -0.4 is 4.57 Å². The van der Waals surface area contributed by atoms with Gasteiger partial charge >= 0.3 is 0 Å². The van der Waals surface area contributed by atoms with Crippen molar-refractivity contribution in [3.8, 4) is 22.4 Å². The number of aromatic nitrogens is 1. The monoisotopic (exact) mass is 439 g/mol. The van der Waals surface area contributed by atoms with Gasteiger partial charge in [-0.25, -0.2) is 4.57 Å². The molecule has 0 spiro atoms. The van der Waals surface area contributed by atoms with Crippen LogP contribution in [0.4, 0.5) is 0 Å². The van der Waals surface area contributed by atoms with Crippen LogP contribution in [0.2, 0.25) is 0 Å². The van der Waals surface area contributed by atoms with Crippen LogP contribution in [0.25, 0.3) is 44.3 Å². The van der Waals surface area contributed by atoms with E-state index in [0.717, 1.165) is 44.3 Å². The number of hydrogen-bond donors (Lipinski definition) is 0. The molecule has 0 N–H and O–H groups in total. The zero-order valence-electron chi connectivity index (χ0n) is 24.8. The summed E-state index contributed by atoms with van der Waals surface area (Å²) in [5.41, 5.74) is 5.88. The fourth-order valence-electron chi connectivity index (χ4n) is 4.51. The molecule has 0 aliphatic carbocycles. The first-order valence-electron chi connectivity index (χ1n) is 13.8. The Morgan fingerprint density at radius 2 is 1.70 bits per heavy atom. The summed E-state index contributed by atoms with van der Waals surface area (Å²) in [6.07, 6.45) is 0.141. The summed E-state index contributed by atoms with van der Waals surface area (Å²) in [6, 6.07) is 21.2. The van der Waals surface area contributed by atoms with Gasteiger partial charge in [-0.05, 0) is 53.9 Å².